The maximum atomic E-state index is 3.57. The van der Waals surface area contributed by atoms with E-state index < -0.39 is 0 Å². The third kappa shape index (κ3) is 1.75. The van der Waals surface area contributed by atoms with Crippen LogP contribution in [0.2, 0.25) is 0 Å². The lowest BCUT2D eigenvalue weighted by atomic mass is 10.1. The molecule has 0 aromatic heterocycles. The average Bonchev–Trinajstić information content (AvgIpc) is 2.17. The van der Waals surface area contributed by atoms with Crippen molar-refractivity contribution in [1.82, 2.24) is 0 Å². The van der Waals surface area contributed by atoms with Crippen LogP contribution in [0.25, 0.3) is 10.8 Å². The maximum absolute atomic E-state index is 3.57. The topological polar surface area (TPSA) is 0 Å². The van der Waals surface area contributed by atoms with Crippen molar-refractivity contribution in [2.45, 2.75) is 11.8 Å². The first-order valence-corrected chi connectivity index (χ1v) is 5.32. The zero-order valence-electron chi connectivity index (χ0n) is 7.50. The number of rotatable bonds is 1. The molecule has 66 valence electrons. The predicted molar refractivity (Wildman–Crippen MR) is 61.3 cm³/mol. The van der Waals surface area contributed by atoms with Crippen molar-refractivity contribution < 1.29 is 0 Å². The van der Waals surface area contributed by atoms with E-state index in [1.807, 2.05) is 0 Å². The van der Waals surface area contributed by atoms with Crippen molar-refractivity contribution in [1.29, 1.82) is 0 Å². The highest BCUT2D eigenvalue weighted by atomic mass is 79.9. The van der Waals surface area contributed by atoms with Gasteiger partial charge in [-0.3, -0.25) is 0 Å². The Morgan fingerprint density at radius 3 is 2.38 bits per heavy atom. The summed E-state index contributed by atoms with van der Waals surface area (Å²) in [6.45, 7) is 2.14. The molecule has 0 nitrogen and oxygen atoms in total. The third-order valence-corrected chi connectivity index (χ3v) is 2.76. The van der Waals surface area contributed by atoms with E-state index in [1.54, 1.807) is 0 Å². The SMILES string of the molecule is C[C@@H](Br)c1ccc2ccccc2c1. The van der Waals surface area contributed by atoms with Crippen LogP contribution in [0.4, 0.5) is 0 Å². The normalized spacial score (nSPS) is 13.1. The second kappa shape index (κ2) is 3.51. The van der Waals surface area contributed by atoms with Crippen molar-refractivity contribution >= 4 is 26.7 Å². The molecule has 0 amide bonds. The first-order chi connectivity index (χ1) is 6.27. The van der Waals surface area contributed by atoms with Gasteiger partial charge in [-0.1, -0.05) is 58.4 Å². The maximum Gasteiger partial charge on any atom is 0.0367 e. The monoisotopic (exact) mass is 234 g/mol. The van der Waals surface area contributed by atoms with Gasteiger partial charge in [-0.2, -0.15) is 0 Å². The Labute approximate surface area is 86.7 Å². The number of halogens is 1. The molecule has 2 aromatic rings. The highest BCUT2D eigenvalue weighted by Gasteiger charge is 2.00. The molecule has 2 aromatic carbocycles. The number of alkyl halides is 1. The molecular weight excluding hydrogens is 224 g/mol. The van der Waals surface area contributed by atoms with Crippen molar-refractivity contribution in [3.63, 3.8) is 0 Å². The average molecular weight is 235 g/mol. The molecule has 0 radical (unpaired) electrons. The van der Waals surface area contributed by atoms with Crippen LogP contribution in [0.1, 0.15) is 17.3 Å². The lowest BCUT2D eigenvalue weighted by molar-refractivity contribution is 1.13. The Morgan fingerprint density at radius 2 is 1.69 bits per heavy atom. The van der Waals surface area contributed by atoms with E-state index in [-0.39, 0.29) is 0 Å². The van der Waals surface area contributed by atoms with Crippen LogP contribution in [-0.4, -0.2) is 0 Å². The summed E-state index contributed by atoms with van der Waals surface area (Å²) in [5, 5.41) is 2.62. The smallest absolute Gasteiger partial charge is 0.0367 e. The lowest BCUT2D eigenvalue weighted by Gasteiger charge is -2.04. The molecule has 0 N–H and O–H groups in total. The molecule has 2 rings (SSSR count). The first-order valence-electron chi connectivity index (χ1n) is 4.40. The molecule has 0 saturated carbocycles. The summed E-state index contributed by atoms with van der Waals surface area (Å²) in [5.41, 5.74) is 1.33. The zero-order valence-corrected chi connectivity index (χ0v) is 9.08. The molecule has 0 fully saturated rings. The third-order valence-electron chi connectivity index (χ3n) is 2.23. The Bertz CT molecular complexity index is 418. The molecule has 13 heavy (non-hydrogen) atoms. The summed E-state index contributed by atoms with van der Waals surface area (Å²) in [6.07, 6.45) is 0. The largest absolute Gasteiger partial charge is 0.0842 e. The molecule has 0 aliphatic rings. The summed E-state index contributed by atoms with van der Waals surface area (Å²) in [5.74, 6) is 0. The highest BCUT2D eigenvalue weighted by Crippen LogP contribution is 2.25. The molecule has 0 spiro atoms. The van der Waals surface area contributed by atoms with Crippen LogP contribution in [0.5, 0.6) is 0 Å². The highest BCUT2D eigenvalue weighted by molar-refractivity contribution is 9.09. The molecule has 0 heterocycles. The van der Waals surface area contributed by atoms with E-state index in [1.165, 1.54) is 16.3 Å². The van der Waals surface area contributed by atoms with E-state index >= 15 is 0 Å². The van der Waals surface area contributed by atoms with E-state index in [0.717, 1.165) is 0 Å². The fourth-order valence-corrected chi connectivity index (χ4v) is 1.74. The number of hydrogen-bond donors (Lipinski definition) is 0. The van der Waals surface area contributed by atoms with E-state index in [0.29, 0.717) is 4.83 Å². The quantitative estimate of drug-likeness (QED) is 0.646. The summed E-state index contributed by atoms with van der Waals surface area (Å²) < 4.78 is 0. The van der Waals surface area contributed by atoms with Crippen LogP contribution in [0.3, 0.4) is 0 Å². The number of benzene rings is 2. The van der Waals surface area contributed by atoms with Crippen LogP contribution >= 0.6 is 15.9 Å². The Hall–Kier alpha value is -0.820. The van der Waals surface area contributed by atoms with Gasteiger partial charge in [0.2, 0.25) is 0 Å². The van der Waals surface area contributed by atoms with Crippen LogP contribution in [-0.2, 0) is 0 Å². The minimum atomic E-state index is 0.428. The van der Waals surface area contributed by atoms with E-state index in [2.05, 4.69) is 65.3 Å². The molecule has 0 bridgehead atoms. The van der Waals surface area contributed by atoms with Gasteiger partial charge in [0.1, 0.15) is 0 Å². The number of fused-ring (bicyclic) bond motifs is 1. The fraction of sp³-hybridized carbons (Fsp3) is 0.167. The molecule has 1 atom stereocenters. The van der Waals surface area contributed by atoms with Gasteiger partial charge >= 0.3 is 0 Å². The van der Waals surface area contributed by atoms with Crippen molar-refractivity contribution in [2.75, 3.05) is 0 Å². The van der Waals surface area contributed by atoms with Gasteiger partial charge in [0, 0.05) is 4.83 Å². The first kappa shape index (κ1) is 8.76. The molecule has 0 aliphatic carbocycles. The van der Waals surface area contributed by atoms with E-state index in [9.17, 15) is 0 Å². The van der Waals surface area contributed by atoms with E-state index in [4.69, 9.17) is 0 Å². The molecule has 0 saturated heterocycles. The Kier molecular flexibility index (Phi) is 2.36. The van der Waals surface area contributed by atoms with Gasteiger partial charge in [-0.05, 0) is 23.3 Å². The standard InChI is InChI=1S/C12H11Br/c1-9(13)11-7-6-10-4-2-3-5-12(10)8-11/h2-9H,1H3/t9-/m1/s1. The summed E-state index contributed by atoms with van der Waals surface area (Å²) in [4.78, 5) is 0.428. The molecular formula is C12H11Br. The number of hydrogen-bond acceptors (Lipinski definition) is 0. The fourth-order valence-electron chi connectivity index (χ4n) is 1.46. The second-order valence-corrected chi connectivity index (χ2v) is 4.60. The molecule has 0 aliphatic heterocycles. The van der Waals surface area contributed by atoms with Gasteiger partial charge in [0.15, 0.2) is 0 Å². The van der Waals surface area contributed by atoms with Crippen LogP contribution in [0, 0.1) is 0 Å². The van der Waals surface area contributed by atoms with Crippen molar-refractivity contribution in [3.8, 4) is 0 Å². The van der Waals surface area contributed by atoms with Crippen LogP contribution in [0.15, 0.2) is 42.5 Å². The minimum absolute atomic E-state index is 0.428. The molecule has 0 unspecified atom stereocenters. The van der Waals surface area contributed by atoms with Gasteiger partial charge in [0.05, 0.1) is 0 Å². The summed E-state index contributed by atoms with van der Waals surface area (Å²) in [7, 11) is 0. The summed E-state index contributed by atoms with van der Waals surface area (Å²) >= 11 is 3.57. The van der Waals surface area contributed by atoms with Gasteiger partial charge in [-0.15, -0.1) is 0 Å². The minimum Gasteiger partial charge on any atom is -0.0842 e. The van der Waals surface area contributed by atoms with Crippen molar-refractivity contribution in [2.24, 2.45) is 0 Å². The van der Waals surface area contributed by atoms with Gasteiger partial charge < -0.3 is 0 Å². The molecule has 1 heteroatoms. The Morgan fingerprint density at radius 1 is 1.00 bits per heavy atom. The lowest BCUT2D eigenvalue weighted by Crippen LogP contribution is -1.82. The van der Waals surface area contributed by atoms with Crippen LogP contribution < -0.4 is 0 Å². The summed E-state index contributed by atoms with van der Waals surface area (Å²) in [6, 6.07) is 15.0. The van der Waals surface area contributed by atoms with Gasteiger partial charge in [-0.25, -0.2) is 0 Å². The predicted octanol–water partition coefficient (Wildman–Crippen LogP) is 4.30. The zero-order chi connectivity index (χ0) is 9.26. The Balaban J connectivity index is 2.62. The second-order valence-electron chi connectivity index (χ2n) is 3.22. The van der Waals surface area contributed by atoms with Gasteiger partial charge in [0.25, 0.3) is 0 Å². The van der Waals surface area contributed by atoms with Crippen molar-refractivity contribution in [3.05, 3.63) is 48.0 Å².